The molecule has 0 N–H and O–H groups in total. The van der Waals surface area contributed by atoms with Crippen LogP contribution in [0.4, 0.5) is 13.2 Å². The van der Waals surface area contributed by atoms with Gasteiger partial charge in [-0.15, -0.1) is 18.3 Å². The van der Waals surface area contributed by atoms with Crippen molar-refractivity contribution < 1.29 is 22.6 Å². The highest BCUT2D eigenvalue weighted by Crippen LogP contribution is 2.27. The summed E-state index contributed by atoms with van der Waals surface area (Å²) in [7, 11) is 1.56. The second kappa shape index (κ2) is 6.76. The van der Waals surface area contributed by atoms with Crippen LogP contribution in [0.15, 0.2) is 54.7 Å². The van der Waals surface area contributed by atoms with Gasteiger partial charge in [-0.25, -0.2) is 4.98 Å². The number of benzene rings is 2. The van der Waals surface area contributed by atoms with Crippen molar-refractivity contribution in [2.24, 2.45) is 0 Å². The molecule has 0 atom stereocenters. The summed E-state index contributed by atoms with van der Waals surface area (Å²) in [6.45, 7) is 0. The first-order valence-electron chi connectivity index (χ1n) is 7.15. The molecule has 1 aromatic heterocycles. The fourth-order valence-corrected chi connectivity index (χ4v) is 2.16. The van der Waals surface area contributed by atoms with E-state index >= 15 is 0 Å². The fourth-order valence-electron chi connectivity index (χ4n) is 2.16. The van der Waals surface area contributed by atoms with Crippen LogP contribution >= 0.6 is 0 Å². The molecule has 0 aliphatic carbocycles. The molecule has 25 heavy (non-hydrogen) atoms. The van der Waals surface area contributed by atoms with E-state index in [2.05, 4.69) is 19.9 Å². The Labute approximate surface area is 141 Å². The molecule has 0 aliphatic heterocycles. The van der Waals surface area contributed by atoms with Crippen molar-refractivity contribution in [2.45, 2.75) is 6.36 Å². The smallest absolute Gasteiger partial charge is 0.497 e. The van der Waals surface area contributed by atoms with Gasteiger partial charge >= 0.3 is 6.36 Å². The van der Waals surface area contributed by atoms with Gasteiger partial charge in [0.25, 0.3) is 0 Å². The van der Waals surface area contributed by atoms with E-state index in [9.17, 15) is 13.2 Å². The number of nitrogens with zero attached hydrogens (tertiary/aromatic N) is 3. The Morgan fingerprint density at radius 3 is 2.36 bits per heavy atom. The minimum absolute atomic E-state index is 0.324. The van der Waals surface area contributed by atoms with Crippen LogP contribution in [0.1, 0.15) is 0 Å². The largest absolute Gasteiger partial charge is 0.573 e. The number of aromatic nitrogens is 3. The van der Waals surface area contributed by atoms with Crippen LogP contribution in [0.25, 0.3) is 22.6 Å². The molecule has 3 rings (SSSR count). The minimum atomic E-state index is -4.75. The van der Waals surface area contributed by atoms with Gasteiger partial charge in [0.15, 0.2) is 5.82 Å². The predicted octanol–water partition coefficient (Wildman–Crippen LogP) is 4.11. The Bertz CT molecular complexity index is 868. The first kappa shape index (κ1) is 16.7. The number of rotatable bonds is 4. The minimum Gasteiger partial charge on any atom is -0.497 e. The lowest BCUT2D eigenvalue weighted by molar-refractivity contribution is -0.274. The van der Waals surface area contributed by atoms with Gasteiger partial charge in [-0.3, -0.25) is 0 Å². The topological polar surface area (TPSA) is 57.1 Å². The Morgan fingerprint density at radius 2 is 1.68 bits per heavy atom. The quantitative estimate of drug-likeness (QED) is 0.711. The maximum atomic E-state index is 12.4. The predicted molar refractivity (Wildman–Crippen MR) is 83.9 cm³/mol. The molecule has 1 heterocycles. The summed E-state index contributed by atoms with van der Waals surface area (Å²) < 4.78 is 46.1. The van der Waals surface area contributed by atoms with Crippen LogP contribution in [-0.2, 0) is 0 Å². The Hall–Kier alpha value is -3.16. The van der Waals surface area contributed by atoms with Crippen LogP contribution < -0.4 is 9.47 Å². The third-order valence-corrected chi connectivity index (χ3v) is 3.27. The molecule has 5 nitrogen and oxygen atoms in total. The summed E-state index contributed by atoms with van der Waals surface area (Å²) in [5.41, 5.74) is 1.53. The van der Waals surface area contributed by atoms with Crippen molar-refractivity contribution in [3.8, 4) is 34.1 Å². The number of ether oxygens (including phenoxy) is 2. The number of alkyl halides is 3. The van der Waals surface area contributed by atoms with Gasteiger partial charge in [0.1, 0.15) is 11.5 Å². The van der Waals surface area contributed by atoms with Gasteiger partial charge < -0.3 is 9.47 Å². The maximum Gasteiger partial charge on any atom is 0.573 e. The molecule has 2 aromatic carbocycles. The summed E-state index contributed by atoms with van der Waals surface area (Å²) >= 11 is 0. The molecule has 0 spiro atoms. The van der Waals surface area contributed by atoms with Crippen molar-refractivity contribution in [3.05, 3.63) is 54.7 Å². The molecule has 0 radical (unpaired) electrons. The molecule has 8 heteroatoms. The number of hydrogen-bond acceptors (Lipinski definition) is 5. The van der Waals surface area contributed by atoms with Gasteiger partial charge in [-0.1, -0.05) is 12.1 Å². The molecule has 3 aromatic rings. The third-order valence-electron chi connectivity index (χ3n) is 3.27. The number of methoxy groups -OCH3 is 1. The fraction of sp³-hybridized carbons (Fsp3) is 0.118. The lowest BCUT2D eigenvalue weighted by atomic mass is 10.1. The lowest BCUT2D eigenvalue weighted by Crippen LogP contribution is -2.17. The molecule has 0 aliphatic rings. The van der Waals surface area contributed by atoms with Crippen LogP contribution in [0, 0.1) is 0 Å². The van der Waals surface area contributed by atoms with E-state index in [1.54, 1.807) is 37.4 Å². The van der Waals surface area contributed by atoms with Crippen LogP contribution in [0.2, 0.25) is 0 Å². The van der Waals surface area contributed by atoms with E-state index in [-0.39, 0.29) is 5.75 Å². The number of halogens is 3. The first-order valence-corrected chi connectivity index (χ1v) is 7.15. The third kappa shape index (κ3) is 4.23. The Kier molecular flexibility index (Phi) is 4.51. The molecular formula is C17H12F3N3O2. The Balaban J connectivity index is 1.92. The second-order valence-corrected chi connectivity index (χ2v) is 4.97. The second-order valence-electron chi connectivity index (χ2n) is 4.97. The van der Waals surface area contributed by atoms with E-state index in [0.717, 1.165) is 0 Å². The molecule has 0 unspecified atom stereocenters. The van der Waals surface area contributed by atoms with Crippen molar-refractivity contribution in [2.75, 3.05) is 7.11 Å². The maximum absolute atomic E-state index is 12.4. The van der Waals surface area contributed by atoms with Crippen molar-refractivity contribution in [1.82, 2.24) is 15.2 Å². The van der Waals surface area contributed by atoms with E-state index in [0.29, 0.717) is 28.4 Å². The van der Waals surface area contributed by atoms with Crippen LogP contribution in [-0.4, -0.2) is 28.7 Å². The molecular weight excluding hydrogens is 335 g/mol. The number of hydrogen-bond donors (Lipinski definition) is 0. The van der Waals surface area contributed by atoms with E-state index in [4.69, 9.17) is 4.74 Å². The van der Waals surface area contributed by atoms with Gasteiger partial charge in [0.2, 0.25) is 0 Å². The summed E-state index contributed by atoms with van der Waals surface area (Å²) in [6.07, 6.45) is -3.38. The molecule has 0 saturated heterocycles. The van der Waals surface area contributed by atoms with Crippen molar-refractivity contribution in [1.29, 1.82) is 0 Å². The first-order chi connectivity index (χ1) is 11.9. The highest BCUT2D eigenvalue weighted by molar-refractivity contribution is 5.64. The highest BCUT2D eigenvalue weighted by atomic mass is 19.4. The van der Waals surface area contributed by atoms with Crippen LogP contribution in [0.3, 0.4) is 0 Å². The molecule has 0 bridgehead atoms. The summed E-state index contributed by atoms with van der Waals surface area (Å²) in [6, 6.07) is 12.6. The SMILES string of the molecule is COc1ccc(-c2nncc(-c3cccc(OC(F)(F)F)c3)n2)cc1. The zero-order valence-corrected chi connectivity index (χ0v) is 13.0. The zero-order chi connectivity index (χ0) is 17.9. The van der Waals surface area contributed by atoms with E-state index in [1.165, 1.54) is 24.4 Å². The molecule has 128 valence electrons. The Morgan fingerprint density at radius 1 is 0.920 bits per heavy atom. The van der Waals surface area contributed by atoms with Crippen molar-refractivity contribution >= 4 is 0 Å². The lowest BCUT2D eigenvalue weighted by Gasteiger charge is -2.10. The van der Waals surface area contributed by atoms with E-state index < -0.39 is 6.36 Å². The van der Waals surface area contributed by atoms with E-state index in [1.807, 2.05) is 0 Å². The summed E-state index contributed by atoms with van der Waals surface area (Å²) in [4.78, 5) is 4.36. The summed E-state index contributed by atoms with van der Waals surface area (Å²) in [5.74, 6) is 0.710. The molecule has 0 fully saturated rings. The van der Waals surface area contributed by atoms with Gasteiger partial charge in [0.05, 0.1) is 19.0 Å². The van der Waals surface area contributed by atoms with Crippen LogP contribution in [0.5, 0.6) is 11.5 Å². The normalized spacial score (nSPS) is 11.2. The average Bonchev–Trinajstić information content (AvgIpc) is 2.61. The van der Waals surface area contributed by atoms with Crippen molar-refractivity contribution in [3.63, 3.8) is 0 Å². The average molecular weight is 347 g/mol. The summed E-state index contributed by atoms with van der Waals surface area (Å²) in [5, 5.41) is 7.84. The van der Waals surface area contributed by atoms with Gasteiger partial charge in [-0.2, -0.15) is 5.10 Å². The zero-order valence-electron chi connectivity index (χ0n) is 13.0. The monoisotopic (exact) mass is 347 g/mol. The van der Waals surface area contributed by atoms with Gasteiger partial charge in [0, 0.05) is 11.1 Å². The standard InChI is InChI=1S/C17H12F3N3O2/c1-24-13-7-5-11(6-8-13)16-22-15(10-21-23-16)12-3-2-4-14(9-12)25-17(18,19)20/h2-10H,1H3. The molecule has 0 saturated carbocycles. The highest BCUT2D eigenvalue weighted by Gasteiger charge is 2.31. The van der Waals surface area contributed by atoms with Gasteiger partial charge in [-0.05, 0) is 36.4 Å². The molecule has 0 amide bonds.